The van der Waals surface area contributed by atoms with E-state index in [9.17, 15) is 4.79 Å². The number of benzene rings is 1. The summed E-state index contributed by atoms with van der Waals surface area (Å²) in [7, 11) is 0. The highest BCUT2D eigenvalue weighted by Crippen LogP contribution is 2.29. The smallest absolute Gasteiger partial charge is 0.224 e. The third kappa shape index (κ3) is 5.67. The van der Waals surface area contributed by atoms with Crippen LogP contribution in [0.2, 0.25) is 10.0 Å². The van der Waals surface area contributed by atoms with Crippen LogP contribution in [0, 0.1) is 5.92 Å². The summed E-state index contributed by atoms with van der Waals surface area (Å²) in [5, 5.41) is 3.99. The molecule has 0 aliphatic rings. The van der Waals surface area contributed by atoms with Crippen molar-refractivity contribution in [1.29, 1.82) is 0 Å². The van der Waals surface area contributed by atoms with Crippen molar-refractivity contribution < 1.29 is 4.79 Å². The van der Waals surface area contributed by atoms with E-state index in [0.717, 1.165) is 5.56 Å². The highest BCUT2D eigenvalue weighted by Gasteiger charge is 2.24. The quantitative estimate of drug-likeness (QED) is 0.846. The topological polar surface area (TPSA) is 55.1 Å². The minimum Gasteiger partial charge on any atom is -0.355 e. The van der Waals surface area contributed by atoms with Gasteiger partial charge in [-0.15, -0.1) is 12.4 Å². The predicted molar refractivity (Wildman–Crippen MR) is 92.6 cm³/mol. The number of hydrogen-bond donors (Lipinski definition) is 2. The van der Waals surface area contributed by atoms with Gasteiger partial charge in [0.2, 0.25) is 5.91 Å². The van der Waals surface area contributed by atoms with Crippen LogP contribution < -0.4 is 11.1 Å². The highest BCUT2D eigenvalue weighted by atomic mass is 35.5. The highest BCUT2D eigenvalue weighted by molar-refractivity contribution is 6.42. The maximum absolute atomic E-state index is 11.9. The molecule has 0 radical (unpaired) electrons. The molecule has 0 aromatic heterocycles. The average Bonchev–Trinajstić information content (AvgIpc) is 2.38. The van der Waals surface area contributed by atoms with Crippen molar-refractivity contribution in [3.8, 4) is 0 Å². The Morgan fingerprint density at radius 3 is 2.33 bits per heavy atom. The molecule has 0 saturated heterocycles. The summed E-state index contributed by atoms with van der Waals surface area (Å²) in [4.78, 5) is 11.9. The number of rotatable bonds is 5. The molecule has 0 bridgehead atoms. The minimum absolute atomic E-state index is 0. The third-order valence-corrected chi connectivity index (χ3v) is 4.35. The lowest BCUT2D eigenvalue weighted by Gasteiger charge is -2.27. The first-order chi connectivity index (χ1) is 9.15. The molecule has 0 heterocycles. The van der Waals surface area contributed by atoms with Crippen LogP contribution in [0.25, 0.3) is 0 Å². The molecule has 0 fully saturated rings. The minimum atomic E-state index is -0.235. The molecule has 1 aromatic carbocycles. The molecular formula is C15H23Cl3N2O. The average molecular weight is 354 g/mol. The first-order valence-corrected chi connectivity index (χ1v) is 7.39. The number of carbonyl (C=O) groups excluding carboxylic acids is 1. The normalized spacial score (nSPS) is 14.0. The van der Waals surface area contributed by atoms with Gasteiger partial charge in [-0.05, 0) is 24.6 Å². The fourth-order valence-corrected chi connectivity index (χ4v) is 2.03. The number of amides is 1. The molecule has 120 valence electrons. The molecule has 0 spiro atoms. The Morgan fingerprint density at radius 2 is 1.86 bits per heavy atom. The molecule has 0 aliphatic heterocycles. The monoisotopic (exact) mass is 352 g/mol. The molecule has 1 rings (SSSR count). The summed E-state index contributed by atoms with van der Waals surface area (Å²) in [6.07, 6.45) is 0. The maximum Gasteiger partial charge on any atom is 0.224 e. The van der Waals surface area contributed by atoms with E-state index in [1.54, 1.807) is 6.07 Å². The summed E-state index contributed by atoms with van der Waals surface area (Å²) in [5.41, 5.74) is 6.52. The van der Waals surface area contributed by atoms with Gasteiger partial charge in [0.25, 0.3) is 0 Å². The van der Waals surface area contributed by atoms with Gasteiger partial charge in [0.05, 0.1) is 10.0 Å². The van der Waals surface area contributed by atoms with E-state index in [0.29, 0.717) is 16.6 Å². The standard InChI is InChI=1S/C15H22Cl2N2O.ClH/c1-9(10(2)18)14(20)19-8-15(3,4)11-5-6-12(16)13(17)7-11;/h5-7,9-10H,8,18H2,1-4H3,(H,19,20);1H. The Kier molecular flexibility index (Phi) is 8.04. The molecule has 3 nitrogen and oxygen atoms in total. The Hall–Kier alpha value is -0.480. The van der Waals surface area contributed by atoms with Crippen molar-refractivity contribution in [3.05, 3.63) is 33.8 Å². The second-order valence-corrected chi connectivity index (χ2v) is 6.69. The van der Waals surface area contributed by atoms with Crippen LogP contribution in [0.4, 0.5) is 0 Å². The van der Waals surface area contributed by atoms with Crippen molar-refractivity contribution in [3.63, 3.8) is 0 Å². The first-order valence-electron chi connectivity index (χ1n) is 6.64. The van der Waals surface area contributed by atoms with E-state index >= 15 is 0 Å². The number of halogens is 3. The SMILES string of the molecule is CC(N)C(C)C(=O)NCC(C)(C)c1ccc(Cl)c(Cl)c1.Cl. The van der Waals surface area contributed by atoms with Gasteiger partial charge in [0.15, 0.2) is 0 Å². The lowest BCUT2D eigenvalue weighted by atomic mass is 9.84. The Bertz CT molecular complexity index is 490. The number of nitrogens with one attached hydrogen (secondary N) is 1. The summed E-state index contributed by atoms with van der Waals surface area (Å²) in [5.74, 6) is -0.243. The van der Waals surface area contributed by atoms with Crippen LogP contribution in [0.15, 0.2) is 18.2 Å². The van der Waals surface area contributed by atoms with Gasteiger partial charge in [-0.1, -0.05) is 50.0 Å². The van der Waals surface area contributed by atoms with Crippen LogP contribution in [0.3, 0.4) is 0 Å². The fraction of sp³-hybridized carbons (Fsp3) is 0.533. The molecule has 6 heteroatoms. The Balaban J connectivity index is 0.00000400. The molecule has 1 aromatic rings. The van der Waals surface area contributed by atoms with E-state index in [2.05, 4.69) is 5.32 Å². The molecular weight excluding hydrogens is 331 g/mol. The molecule has 3 N–H and O–H groups in total. The van der Waals surface area contributed by atoms with Crippen molar-refractivity contribution >= 4 is 41.5 Å². The first kappa shape index (κ1) is 20.5. The summed E-state index contributed by atoms with van der Waals surface area (Å²) >= 11 is 12.0. The molecule has 0 aliphatic carbocycles. The molecule has 21 heavy (non-hydrogen) atoms. The van der Waals surface area contributed by atoms with Crippen LogP contribution >= 0.6 is 35.6 Å². The lowest BCUT2D eigenvalue weighted by Crippen LogP contribution is -2.43. The van der Waals surface area contributed by atoms with Crippen molar-refractivity contribution in [2.45, 2.75) is 39.2 Å². The summed E-state index contributed by atoms with van der Waals surface area (Å²) < 4.78 is 0. The third-order valence-electron chi connectivity index (χ3n) is 3.61. The zero-order valence-electron chi connectivity index (χ0n) is 12.7. The number of nitrogens with two attached hydrogens (primary N) is 1. The molecule has 1 amide bonds. The predicted octanol–water partition coefficient (Wildman–Crippen LogP) is 3.79. The van der Waals surface area contributed by atoms with Crippen molar-refractivity contribution in [2.75, 3.05) is 6.54 Å². The summed E-state index contributed by atoms with van der Waals surface area (Å²) in [6, 6.07) is 5.37. The van der Waals surface area contributed by atoms with Crippen LogP contribution in [0.5, 0.6) is 0 Å². The van der Waals surface area contributed by atoms with E-state index < -0.39 is 0 Å². The van der Waals surface area contributed by atoms with E-state index in [1.165, 1.54) is 0 Å². The van der Waals surface area contributed by atoms with Crippen molar-refractivity contribution in [1.82, 2.24) is 5.32 Å². The Morgan fingerprint density at radius 1 is 1.29 bits per heavy atom. The Labute approximate surface area is 143 Å². The fourth-order valence-electron chi connectivity index (χ4n) is 1.73. The van der Waals surface area contributed by atoms with Gasteiger partial charge >= 0.3 is 0 Å². The lowest BCUT2D eigenvalue weighted by molar-refractivity contribution is -0.125. The largest absolute Gasteiger partial charge is 0.355 e. The van der Waals surface area contributed by atoms with Gasteiger partial charge in [0, 0.05) is 23.9 Å². The molecule has 2 atom stereocenters. The maximum atomic E-state index is 11.9. The second kappa shape index (κ2) is 8.23. The van der Waals surface area contributed by atoms with E-state index in [-0.39, 0.29) is 35.7 Å². The van der Waals surface area contributed by atoms with Gasteiger partial charge in [0.1, 0.15) is 0 Å². The van der Waals surface area contributed by atoms with Crippen LogP contribution in [0.1, 0.15) is 33.3 Å². The summed E-state index contributed by atoms with van der Waals surface area (Å²) in [6.45, 7) is 8.26. The second-order valence-electron chi connectivity index (χ2n) is 5.88. The van der Waals surface area contributed by atoms with Crippen LogP contribution in [-0.2, 0) is 10.2 Å². The van der Waals surface area contributed by atoms with Gasteiger partial charge in [-0.25, -0.2) is 0 Å². The van der Waals surface area contributed by atoms with Gasteiger partial charge in [-0.2, -0.15) is 0 Å². The van der Waals surface area contributed by atoms with E-state index in [1.807, 2.05) is 39.8 Å². The van der Waals surface area contributed by atoms with E-state index in [4.69, 9.17) is 28.9 Å². The van der Waals surface area contributed by atoms with Crippen molar-refractivity contribution in [2.24, 2.45) is 11.7 Å². The number of hydrogen-bond acceptors (Lipinski definition) is 2. The molecule has 0 saturated carbocycles. The van der Waals surface area contributed by atoms with Crippen LogP contribution in [-0.4, -0.2) is 18.5 Å². The zero-order chi connectivity index (χ0) is 15.5. The van der Waals surface area contributed by atoms with Gasteiger partial charge in [-0.3, -0.25) is 4.79 Å². The van der Waals surface area contributed by atoms with Gasteiger partial charge < -0.3 is 11.1 Å². The molecule has 2 unspecified atom stereocenters. The number of carbonyl (C=O) groups is 1. The zero-order valence-corrected chi connectivity index (χ0v) is 15.1.